The first-order valence-electron chi connectivity index (χ1n) is 27.8. The first-order chi connectivity index (χ1) is 37.3. The summed E-state index contributed by atoms with van der Waals surface area (Å²) in [5.74, 6) is 2.96. The van der Waals surface area contributed by atoms with Gasteiger partial charge in [0.2, 0.25) is 0 Å². The maximum atomic E-state index is 8.15. The molecule has 2 aromatic heterocycles. The van der Waals surface area contributed by atoms with Crippen LogP contribution in [0.1, 0.15) is 132 Å². The third-order valence-corrected chi connectivity index (χ3v) is 15.1. The lowest BCUT2D eigenvalue weighted by Gasteiger charge is -2.33. The predicted octanol–water partition coefficient (Wildman–Crippen LogP) is 21.5. The molecule has 0 radical (unpaired) electrons. The van der Waals surface area contributed by atoms with Crippen molar-refractivity contribution in [3.05, 3.63) is 239 Å². The molecule has 6 nitrogen and oxygen atoms in total. The molecule has 0 unspecified atom stereocenters. The summed E-state index contributed by atoms with van der Waals surface area (Å²) in [4.78, 5) is 20.2. The van der Waals surface area contributed by atoms with E-state index in [1.54, 1.807) is 0 Å². The maximum absolute atomic E-state index is 8.15. The van der Waals surface area contributed by atoms with Crippen LogP contribution in [0.5, 0.6) is 0 Å². The van der Waals surface area contributed by atoms with Crippen molar-refractivity contribution in [3.8, 4) is 0 Å². The number of nitrogens with zero attached hydrogens (tertiary/aromatic N) is 6. The standard InChI is InChI=1S/C72H79ClN6/c1-68(2,3)50-32-40-57(41-33-50)76(58-42-34-51(35-43-58)69(4,5)6)63-28-22-30-65(74-63)78(55-24-18-16-19-25-55)61-48-54(72(13,14)15)49-62(67(61)73)79(56-26-20-17-21-27-56)66-31-23-29-64(75-66)77(59-44-36-52(37-45-59)70(7,8)9)60-46-38-53(39-47-60)71(10,11)12/h16-49H,1-15H3. The zero-order valence-electron chi connectivity index (χ0n) is 49.2. The van der Waals surface area contributed by atoms with Gasteiger partial charge in [0.1, 0.15) is 23.3 Å². The summed E-state index contributed by atoms with van der Waals surface area (Å²) < 4.78 is 0. The molecular weight excluding hydrogens is 984 g/mol. The fraction of sp³-hybridized carbons (Fsp3) is 0.278. The van der Waals surface area contributed by atoms with Crippen molar-refractivity contribution in [2.75, 3.05) is 19.6 Å². The Morgan fingerprint density at radius 2 is 0.481 bits per heavy atom. The summed E-state index contributed by atoms with van der Waals surface area (Å²) in [6.45, 7) is 33.8. The average molecular weight is 1060 g/mol. The fourth-order valence-electron chi connectivity index (χ4n) is 9.89. The van der Waals surface area contributed by atoms with Crippen molar-refractivity contribution in [2.45, 2.75) is 131 Å². The first-order valence-corrected chi connectivity index (χ1v) is 28.1. The van der Waals surface area contributed by atoms with Gasteiger partial charge in [-0.2, -0.15) is 0 Å². The molecule has 7 heteroatoms. The highest BCUT2D eigenvalue weighted by Gasteiger charge is 2.30. The van der Waals surface area contributed by atoms with Gasteiger partial charge in [0.15, 0.2) is 0 Å². The number of halogens is 1. The van der Waals surface area contributed by atoms with Gasteiger partial charge >= 0.3 is 0 Å². The van der Waals surface area contributed by atoms with Gasteiger partial charge in [0.25, 0.3) is 0 Å². The molecule has 0 amide bonds. The highest BCUT2D eigenvalue weighted by molar-refractivity contribution is 6.36. The van der Waals surface area contributed by atoms with E-state index in [-0.39, 0.29) is 27.1 Å². The van der Waals surface area contributed by atoms with E-state index in [1.807, 2.05) is 12.1 Å². The second-order valence-electron chi connectivity index (χ2n) is 26.0. The molecule has 0 spiro atoms. The lowest BCUT2D eigenvalue weighted by Crippen LogP contribution is -2.20. The summed E-state index contributed by atoms with van der Waals surface area (Å²) in [7, 11) is 0. The molecule has 79 heavy (non-hydrogen) atoms. The van der Waals surface area contributed by atoms with E-state index in [0.29, 0.717) is 16.7 Å². The summed E-state index contributed by atoms with van der Waals surface area (Å²) in [5, 5.41) is 0.542. The van der Waals surface area contributed by atoms with E-state index in [4.69, 9.17) is 21.6 Å². The number of aromatic nitrogens is 2. The van der Waals surface area contributed by atoms with Gasteiger partial charge in [0.05, 0.1) is 16.4 Å². The Hall–Kier alpha value is -7.67. The monoisotopic (exact) mass is 1060 g/mol. The molecule has 7 aromatic carbocycles. The Bertz CT molecular complexity index is 3160. The average Bonchev–Trinajstić information content (AvgIpc) is 3.61. The molecule has 0 saturated carbocycles. The molecule has 9 rings (SSSR count). The normalized spacial score (nSPS) is 12.3. The third kappa shape index (κ3) is 12.5. The molecule has 0 aliphatic heterocycles. The van der Waals surface area contributed by atoms with Crippen LogP contribution in [0.15, 0.2) is 206 Å². The lowest BCUT2D eigenvalue weighted by molar-refractivity contribution is 0.590. The molecule has 2 heterocycles. The SMILES string of the molecule is CC(C)(C)c1ccc(N(c2ccc(C(C)(C)C)cc2)c2cccc(N(c3ccccc3)c3cc(C(C)(C)C)cc(N(c4ccccc4)c4cccc(N(c5ccc(C(C)(C)C)cc5)c5ccc(C(C)(C)C)cc5)n4)c3Cl)n2)cc1. The molecule has 0 saturated heterocycles. The van der Waals surface area contributed by atoms with Crippen LogP contribution in [0.25, 0.3) is 0 Å². The number of pyridine rings is 2. The number of hydrogen-bond donors (Lipinski definition) is 0. The van der Waals surface area contributed by atoms with Gasteiger partial charge in [-0.3, -0.25) is 19.6 Å². The van der Waals surface area contributed by atoms with Crippen molar-refractivity contribution >= 4 is 80.4 Å². The van der Waals surface area contributed by atoms with Crippen molar-refractivity contribution in [2.24, 2.45) is 0 Å². The van der Waals surface area contributed by atoms with Crippen LogP contribution >= 0.6 is 11.6 Å². The number of benzene rings is 7. The number of anilines is 12. The van der Waals surface area contributed by atoms with Crippen molar-refractivity contribution in [3.63, 3.8) is 0 Å². The highest BCUT2D eigenvalue weighted by atomic mass is 35.5. The van der Waals surface area contributed by atoms with Crippen LogP contribution in [0.4, 0.5) is 68.8 Å². The summed E-state index contributed by atoms with van der Waals surface area (Å²) in [6, 6.07) is 73.5. The molecule has 0 bridgehead atoms. The molecule has 9 aromatic rings. The minimum atomic E-state index is -0.298. The Morgan fingerprint density at radius 1 is 0.253 bits per heavy atom. The van der Waals surface area contributed by atoms with E-state index in [0.717, 1.165) is 62.7 Å². The Morgan fingerprint density at radius 3 is 0.722 bits per heavy atom. The van der Waals surface area contributed by atoms with E-state index >= 15 is 0 Å². The topological polar surface area (TPSA) is 38.7 Å². The van der Waals surface area contributed by atoms with Gasteiger partial charge in [-0.05, 0) is 164 Å². The summed E-state index contributed by atoms with van der Waals surface area (Å²) >= 11 is 8.15. The van der Waals surface area contributed by atoms with Crippen LogP contribution in [0, 0.1) is 0 Å². The van der Waals surface area contributed by atoms with Crippen LogP contribution in [0.2, 0.25) is 5.02 Å². The maximum Gasteiger partial charge on any atom is 0.140 e. The zero-order chi connectivity index (χ0) is 56.7. The Labute approximate surface area is 477 Å². The van der Waals surface area contributed by atoms with Crippen molar-refractivity contribution in [1.82, 2.24) is 9.97 Å². The van der Waals surface area contributed by atoms with Gasteiger partial charge in [-0.15, -0.1) is 0 Å². The molecule has 0 aliphatic carbocycles. The fourth-order valence-corrected chi connectivity index (χ4v) is 10.2. The number of rotatable bonds is 12. The minimum absolute atomic E-state index is 0.00107. The smallest absolute Gasteiger partial charge is 0.140 e. The van der Waals surface area contributed by atoms with Crippen LogP contribution in [-0.4, -0.2) is 9.97 Å². The Kier molecular flexibility index (Phi) is 15.5. The number of hydrogen-bond acceptors (Lipinski definition) is 6. The summed E-state index contributed by atoms with van der Waals surface area (Å²) in [6.07, 6.45) is 0. The first kappa shape index (κ1) is 56.1. The molecular formula is C72H79ClN6. The van der Waals surface area contributed by atoms with Gasteiger partial charge < -0.3 is 0 Å². The second-order valence-corrected chi connectivity index (χ2v) is 26.4. The number of para-hydroxylation sites is 2. The van der Waals surface area contributed by atoms with E-state index in [1.165, 1.54) is 22.3 Å². The van der Waals surface area contributed by atoms with E-state index in [2.05, 4.69) is 318 Å². The predicted molar refractivity (Wildman–Crippen MR) is 339 cm³/mol. The Balaban J connectivity index is 1.24. The molecule has 0 fully saturated rings. The molecule has 0 N–H and O–H groups in total. The highest BCUT2D eigenvalue weighted by Crippen LogP contribution is 2.50. The molecule has 0 aliphatic rings. The van der Waals surface area contributed by atoms with Crippen LogP contribution in [-0.2, 0) is 27.1 Å². The van der Waals surface area contributed by atoms with Crippen molar-refractivity contribution < 1.29 is 0 Å². The molecule has 404 valence electrons. The van der Waals surface area contributed by atoms with E-state index in [9.17, 15) is 0 Å². The van der Waals surface area contributed by atoms with Gasteiger partial charge in [0, 0.05) is 34.1 Å². The minimum Gasteiger partial charge on any atom is -0.295 e. The van der Waals surface area contributed by atoms with Gasteiger partial charge in [-0.1, -0.05) is 213 Å². The summed E-state index contributed by atoms with van der Waals surface area (Å²) in [5.41, 5.74) is 13.3. The van der Waals surface area contributed by atoms with Crippen LogP contribution in [0.3, 0.4) is 0 Å². The van der Waals surface area contributed by atoms with Gasteiger partial charge in [-0.25, -0.2) is 9.97 Å². The largest absolute Gasteiger partial charge is 0.295 e. The quantitative estimate of drug-likeness (QED) is 0.121. The molecule has 0 atom stereocenters. The van der Waals surface area contributed by atoms with E-state index < -0.39 is 0 Å². The lowest BCUT2D eigenvalue weighted by atomic mass is 9.86. The van der Waals surface area contributed by atoms with Crippen LogP contribution < -0.4 is 19.6 Å². The van der Waals surface area contributed by atoms with Crippen molar-refractivity contribution in [1.29, 1.82) is 0 Å². The zero-order valence-corrected chi connectivity index (χ0v) is 49.9. The second kappa shape index (κ2) is 21.9. The third-order valence-electron chi connectivity index (χ3n) is 14.7.